The van der Waals surface area contributed by atoms with Gasteiger partial charge in [-0.15, -0.1) is 0 Å². The van der Waals surface area contributed by atoms with Crippen LogP contribution in [0.3, 0.4) is 0 Å². The van der Waals surface area contributed by atoms with Crippen LogP contribution in [0.1, 0.15) is 15.9 Å². The smallest absolute Gasteiger partial charge is 0.337 e. The molecule has 0 bridgehead atoms. The molecule has 3 rings (SSSR count). The van der Waals surface area contributed by atoms with Crippen molar-refractivity contribution in [2.45, 2.75) is 6.54 Å². The molecule has 1 N–H and O–H groups in total. The average Bonchev–Trinajstić information content (AvgIpc) is 2.74. The van der Waals surface area contributed by atoms with E-state index in [1.807, 2.05) is 65.6 Å². The molecule has 1 amide bonds. The van der Waals surface area contributed by atoms with Gasteiger partial charge in [0.2, 0.25) is 5.91 Å². The molecule has 3 aromatic carbocycles. The third kappa shape index (κ3) is 5.20. The van der Waals surface area contributed by atoms with Gasteiger partial charge < -0.3 is 15.0 Å². The van der Waals surface area contributed by atoms with Crippen molar-refractivity contribution in [3.63, 3.8) is 0 Å². The second kappa shape index (κ2) is 9.37. The summed E-state index contributed by atoms with van der Waals surface area (Å²) in [7, 11) is 1.34. The number of hydrogen-bond donors (Lipinski definition) is 1. The number of ether oxygens (including phenoxy) is 1. The van der Waals surface area contributed by atoms with Gasteiger partial charge in [0.1, 0.15) is 0 Å². The lowest BCUT2D eigenvalue weighted by Crippen LogP contribution is -2.32. The highest BCUT2D eigenvalue weighted by Crippen LogP contribution is 2.17. The lowest BCUT2D eigenvalue weighted by Gasteiger charge is -2.24. The van der Waals surface area contributed by atoms with Gasteiger partial charge in [-0.2, -0.15) is 0 Å². The number of methoxy groups -OCH3 is 1. The van der Waals surface area contributed by atoms with E-state index in [0.717, 1.165) is 11.3 Å². The number of hydrogen-bond acceptors (Lipinski definition) is 4. The third-order valence-corrected chi connectivity index (χ3v) is 4.26. The minimum atomic E-state index is -0.406. The van der Waals surface area contributed by atoms with Crippen molar-refractivity contribution in [1.82, 2.24) is 0 Å². The van der Waals surface area contributed by atoms with E-state index in [9.17, 15) is 9.59 Å². The average molecular weight is 374 g/mol. The van der Waals surface area contributed by atoms with Crippen molar-refractivity contribution < 1.29 is 14.3 Å². The fraction of sp³-hybridized carbons (Fsp3) is 0.130. The molecule has 0 fully saturated rings. The molecule has 0 aromatic heterocycles. The minimum absolute atomic E-state index is 0.134. The summed E-state index contributed by atoms with van der Waals surface area (Å²) in [5.74, 6) is -0.540. The number of carbonyl (C=O) groups is 2. The van der Waals surface area contributed by atoms with E-state index < -0.39 is 5.97 Å². The molecule has 0 spiro atoms. The molecule has 0 saturated carbocycles. The predicted molar refractivity (Wildman–Crippen MR) is 110 cm³/mol. The monoisotopic (exact) mass is 374 g/mol. The largest absolute Gasteiger partial charge is 0.465 e. The van der Waals surface area contributed by atoms with Crippen LogP contribution in [-0.4, -0.2) is 25.5 Å². The second-order valence-electron chi connectivity index (χ2n) is 6.29. The molecular formula is C23H22N2O3. The molecule has 5 nitrogen and oxygen atoms in total. The van der Waals surface area contributed by atoms with Crippen LogP contribution in [0.2, 0.25) is 0 Å². The molecule has 0 heterocycles. The Morgan fingerprint density at radius 2 is 1.46 bits per heavy atom. The maximum atomic E-state index is 12.6. The zero-order valence-electron chi connectivity index (χ0n) is 15.7. The van der Waals surface area contributed by atoms with E-state index in [1.165, 1.54) is 7.11 Å². The van der Waals surface area contributed by atoms with Crippen LogP contribution >= 0.6 is 0 Å². The summed E-state index contributed by atoms with van der Waals surface area (Å²) < 4.78 is 4.68. The standard InChI is InChI=1S/C23H22N2O3/c1-28-23(27)19-12-14-20(15-13-19)24-22(26)17-25(21-10-6-3-7-11-21)16-18-8-4-2-5-9-18/h2-15H,16-17H2,1H3,(H,24,26). The number of anilines is 2. The molecule has 5 heteroatoms. The molecule has 3 aromatic rings. The van der Waals surface area contributed by atoms with Gasteiger partial charge in [-0.3, -0.25) is 4.79 Å². The predicted octanol–water partition coefficient (Wildman–Crippen LogP) is 4.12. The van der Waals surface area contributed by atoms with Crippen LogP contribution in [0.25, 0.3) is 0 Å². The summed E-state index contributed by atoms with van der Waals surface area (Å²) in [6, 6.07) is 26.5. The van der Waals surface area contributed by atoms with E-state index in [1.54, 1.807) is 24.3 Å². The topological polar surface area (TPSA) is 58.6 Å². The molecule has 0 aliphatic rings. The number of para-hydroxylation sites is 1. The highest BCUT2D eigenvalue weighted by atomic mass is 16.5. The van der Waals surface area contributed by atoms with Crippen LogP contribution in [-0.2, 0) is 16.1 Å². The molecule has 0 radical (unpaired) electrons. The van der Waals surface area contributed by atoms with Crippen LogP contribution in [0.15, 0.2) is 84.9 Å². The maximum Gasteiger partial charge on any atom is 0.337 e. The van der Waals surface area contributed by atoms with Crippen molar-refractivity contribution in [2.75, 3.05) is 23.9 Å². The van der Waals surface area contributed by atoms with Gasteiger partial charge in [0, 0.05) is 17.9 Å². The normalized spacial score (nSPS) is 10.2. The van der Waals surface area contributed by atoms with E-state index in [2.05, 4.69) is 10.1 Å². The second-order valence-corrected chi connectivity index (χ2v) is 6.29. The molecule has 0 atom stereocenters. The summed E-state index contributed by atoms with van der Waals surface area (Å²) >= 11 is 0. The van der Waals surface area contributed by atoms with Crippen LogP contribution in [0.4, 0.5) is 11.4 Å². The molecule has 142 valence electrons. The summed E-state index contributed by atoms with van der Waals surface area (Å²) in [5, 5.41) is 2.88. The van der Waals surface area contributed by atoms with Crippen molar-refractivity contribution in [3.05, 3.63) is 96.1 Å². The zero-order valence-corrected chi connectivity index (χ0v) is 15.7. The third-order valence-electron chi connectivity index (χ3n) is 4.26. The molecule has 0 aliphatic heterocycles. The number of amides is 1. The van der Waals surface area contributed by atoms with Gasteiger partial charge in [0.25, 0.3) is 0 Å². The van der Waals surface area contributed by atoms with E-state index in [-0.39, 0.29) is 12.5 Å². The van der Waals surface area contributed by atoms with E-state index >= 15 is 0 Å². The molecule has 0 saturated heterocycles. The minimum Gasteiger partial charge on any atom is -0.465 e. The summed E-state index contributed by atoms with van der Waals surface area (Å²) in [6.45, 7) is 0.831. The van der Waals surface area contributed by atoms with Crippen molar-refractivity contribution in [2.24, 2.45) is 0 Å². The van der Waals surface area contributed by atoms with Crippen LogP contribution < -0.4 is 10.2 Å². The number of carbonyl (C=O) groups excluding carboxylic acids is 2. The SMILES string of the molecule is COC(=O)c1ccc(NC(=O)CN(Cc2ccccc2)c2ccccc2)cc1. The number of esters is 1. The first-order chi connectivity index (χ1) is 13.7. The van der Waals surface area contributed by atoms with Crippen molar-refractivity contribution in [1.29, 1.82) is 0 Å². The first kappa shape index (κ1) is 19.2. The van der Waals surface area contributed by atoms with Gasteiger partial charge >= 0.3 is 5.97 Å². The Morgan fingerprint density at radius 1 is 0.857 bits per heavy atom. The lowest BCUT2D eigenvalue weighted by atomic mass is 10.2. The zero-order chi connectivity index (χ0) is 19.8. The number of nitrogens with zero attached hydrogens (tertiary/aromatic N) is 1. The Bertz CT molecular complexity index is 910. The Hall–Kier alpha value is -3.60. The van der Waals surface area contributed by atoms with Crippen molar-refractivity contribution >= 4 is 23.3 Å². The van der Waals surface area contributed by atoms with Crippen LogP contribution in [0.5, 0.6) is 0 Å². The molecule has 0 unspecified atom stereocenters. The van der Waals surface area contributed by atoms with Gasteiger partial charge in [-0.25, -0.2) is 4.79 Å². The van der Waals surface area contributed by atoms with Crippen LogP contribution in [0, 0.1) is 0 Å². The number of benzene rings is 3. The van der Waals surface area contributed by atoms with E-state index in [4.69, 9.17) is 0 Å². The quantitative estimate of drug-likeness (QED) is 0.632. The van der Waals surface area contributed by atoms with Crippen molar-refractivity contribution in [3.8, 4) is 0 Å². The first-order valence-electron chi connectivity index (χ1n) is 8.98. The van der Waals surface area contributed by atoms with Gasteiger partial charge in [-0.05, 0) is 42.0 Å². The lowest BCUT2D eigenvalue weighted by molar-refractivity contribution is -0.115. The summed E-state index contributed by atoms with van der Waals surface area (Å²) in [5.41, 5.74) is 3.17. The summed E-state index contributed by atoms with van der Waals surface area (Å²) in [4.78, 5) is 26.1. The molecule has 0 aliphatic carbocycles. The molecular weight excluding hydrogens is 352 g/mol. The number of nitrogens with one attached hydrogen (secondary N) is 1. The Balaban J connectivity index is 1.69. The van der Waals surface area contributed by atoms with Gasteiger partial charge in [0.05, 0.1) is 19.2 Å². The number of rotatable bonds is 7. The summed E-state index contributed by atoms with van der Waals surface area (Å²) in [6.07, 6.45) is 0. The Morgan fingerprint density at radius 3 is 2.07 bits per heavy atom. The molecule has 28 heavy (non-hydrogen) atoms. The van der Waals surface area contributed by atoms with Gasteiger partial charge in [0.15, 0.2) is 0 Å². The van der Waals surface area contributed by atoms with E-state index in [0.29, 0.717) is 17.8 Å². The highest BCUT2D eigenvalue weighted by Gasteiger charge is 2.13. The maximum absolute atomic E-state index is 12.6. The Kier molecular flexibility index (Phi) is 6.41. The van der Waals surface area contributed by atoms with Gasteiger partial charge in [-0.1, -0.05) is 48.5 Å². The highest BCUT2D eigenvalue weighted by molar-refractivity contribution is 5.95. The Labute approximate surface area is 164 Å². The fourth-order valence-corrected chi connectivity index (χ4v) is 2.86. The first-order valence-corrected chi connectivity index (χ1v) is 8.98. The fourth-order valence-electron chi connectivity index (χ4n) is 2.86.